The monoisotopic (exact) mass is 275 g/mol. The molecule has 0 radical (unpaired) electrons. The van der Waals surface area contributed by atoms with Crippen molar-refractivity contribution in [3.8, 4) is 6.07 Å². The van der Waals surface area contributed by atoms with Gasteiger partial charge in [-0.05, 0) is 37.1 Å². The Labute approximate surface area is 106 Å². The molecule has 1 aromatic rings. The van der Waals surface area contributed by atoms with Gasteiger partial charge in [-0.3, -0.25) is 4.21 Å². The van der Waals surface area contributed by atoms with Gasteiger partial charge in [0.05, 0.1) is 22.6 Å². The first-order valence-electron chi connectivity index (χ1n) is 5.17. The quantitative estimate of drug-likeness (QED) is 0.850. The van der Waals surface area contributed by atoms with Crippen LogP contribution in [0, 0.1) is 31.1 Å². The second-order valence-electron chi connectivity index (χ2n) is 3.98. The van der Waals surface area contributed by atoms with Crippen molar-refractivity contribution in [1.29, 1.82) is 5.26 Å². The van der Waals surface area contributed by atoms with E-state index in [4.69, 9.17) is 5.26 Å². The normalized spacial score (nSPS) is 14.9. The Balaban J connectivity index is 2.89. The molecule has 0 aromatic heterocycles. The predicted octanol–water partition coefficient (Wildman–Crippen LogP) is 3.11. The van der Waals surface area contributed by atoms with Crippen LogP contribution in [-0.2, 0) is 10.8 Å². The molecule has 0 amide bonds. The second-order valence-corrected chi connectivity index (χ2v) is 5.48. The number of alkyl halides is 3. The Hall–Kier alpha value is -1.35. The van der Waals surface area contributed by atoms with Crippen LogP contribution in [0.15, 0.2) is 23.1 Å². The highest BCUT2D eigenvalue weighted by atomic mass is 32.2. The highest BCUT2D eigenvalue weighted by molar-refractivity contribution is 7.85. The lowest BCUT2D eigenvalue weighted by atomic mass is 10.1. The van der Waals surface area contributed by atoms with Crippen molar-refractivity contribution in [2.45, 2.75) is 24.9 Å². The van der Waals surface area contributed by atoms with Gasteiger partial charge < -0.3 is 0 Å². The van der Waals surface area contributed by atoms with E-state index in [1.54, 1.807) is 19.1 Å². The van der Waals surface area contributed by atoms with Crippen LogP contribution in [0.2, 0.25) is 0 Å². The van der Waals surface area contributed by atoms with Crippen LogP contribution in [0.1, 0.15) is 11.1 Å². The molecule has 0 heterocycles. The summed E-state index contributed by atoms with van der Waals surface area (Å²) in [5, 5.41) is 8.45. The number of benzene rings is 1. The lowest BCUT2D eigenvalue weighted by Crippen LogP contribution is -2.26. The fourth-order valence-electron chi connectivity index (χ4n) is 1.31. The summed E-state index contributed by atoms with van der Waals surface area (Å²) in [5.41, 5.74) is 1.84. The Kier molecular flexibility index (Phi) is 4.52. The highest BCUT2D eigenvalue weighted by Gasteiger charge is 2.41. The third-order valence-electron chi connectivity index (χ3n) is 2.61. The molecular formula is C12H12F3NOS. The Bertz CT molecular complexity index is 505. The molecule has 0 saturated heterocycles. The van der Waals surface area contributed by atoms with Crippen LogP contribution < -0.4 is 0 Å². The number of rotatable bonds is 3. The average molecular weight is 275 g/mol. The van der Waals surface area contributed by atoms with Gasteiger partial charge in [-0.1, -0.05) is 6.07 Å². The molecule has 2 unspecified atom stereocenters. The predicted molar refractivity (Wildman–Crippen MR) is 62.3 cm³/mol. The number of hydrogen-bond donors (Lipinski definition) is 0. The standard InChI is InChI=1S/C12H12F3NOS/c1-8-3-4-11(5-9(8)2)18(17)7-10(6-16)12(13,14)15/h3-5,10H,7H2,1-2H3. The molecule has 0 spiro atoms. The van der Waals surface area contributed by atoms with E-state index in [9.17, 15) is 17.4 Å². The van der Waals surface area contributed by atoms with Crippen LogP contribution in [0.4, 0.5) is 13.2 Å². The molecule has 0 bridgehead atoms. The first-order valence-corrected chi connectivity index (χ1v) is 6.49. The van der Waals surface area contributed by atoms with Crippen molar-refractivity contribution in [1.82, 2.24) is 0 Å². The van der Waals surface area contributed by atoms with E-state index in [1.807, 2.05) is 6.92 Å². The molecule has 0 saturated carbocycles. The molecule has 0 fully saturated rings. The summed E-state index contributed by atoms with van der Waals surface area (Å²) in [6, 6.07) is 5.98. The fourth-order valence-corrected chi connectivity index (χ4v) is 2.59. The number of nitrogens with zero attached hydrogens (tertiary/aromatic N) is 1. The van der Waals surface area contributed by atoms with Crippen LogP contribution in [-0.4, -0.2) is 16.1 Å². The van der Waals surface area contributed by atoms with E-state index < -0.39 is 28.6 Å². The van der Waals surface area contributed by atoms with E-state index >= 15 is 0 Å². The molecule has 2 atom stereocenters. The lowest BCUT2D eigenvalue weighted by molar-refractivity contribution is -0.153. The van der Waals surface area contributed by atoms with Crippen LogP contribution in [0.3, 0.4) is 0 Å². The average Bonchev–Trinajstić information content (AvgIpc) is 2.27. The smallest absolute Gasteiger partial charge is 0.254 e. The van der Waals surface area contributed by atoms with E-state index in [0.717, 1.165) is 17.2 Å². The zero-order chi connectivity index (χ0) is 13.9. The van der Waals surface area contributed by atoms with Gasteiger partial charge >= 0.3 is 6.18 Å². The minimum atomic E-state index is -4.63. The van der Waals surface area contributed by atoms with E-state index in [2.05, 4.69) is 0 Å². The maximum Gasteiger partial charge on any atom is 0.405 e. The molecule has 6 heteroatoms. The summed E-state index contributed by atoms with van der Waals surface area (Å²) in [6.45, 7) is 3.65. The third kappa shape index (κ3) is 3.57. The molecule has 0 aliphatic heterocycles. The van der Waals surface area contributed by atoms with E-state index in [0.29, 0.717) is 4.90 Å². The summed E-state index contributed by atoms with van der Waals surface area (Å²) in [6.07, 6.45) is -4.63. The summed E-state index contributed by atoms with van der Waals surface area (Å²) in [5.74, 6) is -2.91. The Morgan fingerprint density at radius 3 is 2.39 bits per heavy atom. The first-order chi connectivity index (χ1) is 8.25. The van der Waals surface area contributed by atoms with E-state index in [-0.39, 0.29) is 0 Å². The summed E-state index contributed by atoms with van der Waals surface area (Å²) < 4.78 is 48.9. The lowest BCUT2D eigenvalue weighted by Gasteiger charge is -2.13. The maximum absolute atomic E-state index is 12.4. The number of nitriles is 1. The van der Waals surface area contributed by atoms with Crippen LogP contribution in [0.5, 0.6) is 0 Å². The minimum Gasteiger partial charge on any atom is -0.254 e. The van der Waals surface area contributed by atoms with Crippen LogP contribution >= 0.6 is 0 Å². The zero-order valence-electron chi connectivity index (χ0n) is 9.91. The van der Waals surface area contributed by atoms with Crippen molar-refractivity contribution in [2.75, 3.05) is 5.75 Å². The molecule has 1 rings (SSSR count). The van der Waals surface area contributed by atoms with Gasteiger partial charge in [-0.2, -0.15) is 18.4 Å². The molecule has 1 aromatic carbocycles. The van der Waals surface area contributed by atoms with Gasteiger partial charge in [0, 0.05) is 4.90 Å². The minimum absolute atomic E-state index is 0.322. The third-order valence-corrected chi connectivity index (χ3v) is 4.03. The molecule has 0 aliphatic carbocycles. The molecule has 0 aliphatic rings. The van der Waals surface area contributed by atoms with Crippen molar-refractivity contribution in [3.05, 3.63) is 29.3 Å². The number of halogens is 3. The Morgan fingerprint density at radius 2 is 1.94 bits per heavy atom. The summed E-state index contributed by atoms with van der Waals surface area (Å²) >= 11 is 0. The topological polar surface area (TPSA) is 40.9 Å². The number of hydrogen-bond acceptors (Lipinski definition) is 2. The van der Waals surface area contributed by atoms with Crippen LogP contribution in [0.25, 0.3) is 0 Å². The number of aryl methyl sites for hydroxylation is 2. The second kappa shape index (κ2) is 5.53. The largest absolute Gasteiger partial charge is 0.405 e. The first kappa shape index (κ1) is 14.7. The maximum atomic E-state index is 12.4. The Morgan fingerprint density at radius 1 is 1.33 bits per heavy atom. The molecule has 0 N–H and O–H groups in total. The zero-order valence-corrected chi connectivity index (χ0v) is 10.7. The van der Waals surface area contributed by atoms with Crippen molar-refractivity contribution in [3.63, 3.8) is 0 Å². The van der Waals surface area contributed by atoms with Gasteiger partial charge in [0.1, 0.15) is 0 Å². The van der Waals surface area contributed by atoms with Crippen molar-refractivity contribution < 1.29 is 17.4 Å². The molecule has 98 valence electrons. The van der Waals surface area contributed by atoms with Crippen molar-refractivity contribution >= 4 is 10.8 Å². The summed E-state index contributed by atoms with van der Waals surface area (Å²) in [4.78, 5) is 0.322. The van der Waals surface area contributed by atoms with Gasteiger partial charge in [0.25, 0.3) is 0 Å². The van der Waals surface area contributed by atoms with Gasteiger partial charge in [0.2, 0.25) is 0 Å². The van der Waals surface area contributed by atoms with Gasteiger partial charge in [-0.15, -0.1) is 0 Å². The van der Waals surface area contributed by atoms with E-state index in [1.165, 1.54) is 6.07 Å². The summed E-state index contributed by atoms with van der Waals surface area (Å²) in [7, 11) is -1.82. The molecular weight excluding hydrogens is 263 g/mol. The van der Waals surface area contributed by atoms with Crippen molar-refractivity contribution in [2.24, 2.45) is 5.92 Å². The molecule has 18 heavy (non-hydrogen) atoms. The van der Waals surface area contributed by atoms with Gasteiger partial charge in [0.15, 0.2) is 5.92 Å². The molecule has 2 nitrogen and oxygen atoms in total. The fraction of sp³-hybridized carbons (Fsp3) is 0.417. The SMILES string of the molecule is Cc1ccc(S(=O)CC(C#N)C(F)(F)F)cc1C. The highest BCUT2D eigenvalue weighted by Crippen LogP contribution is 2.27. The van der Waals surface area contributed by atoms with Gasteiger partial charge in [-0.25, -0.2) is 0 Å².